The Morgan fingerprint density at radius 2 is 2.40 bits per heavy atom. The van der Waals surface area contributed by atoms with Gasteiger partial charge in [0.15, 0.2) is 11.6 Å². The Morgan fingerprint density at radius 3 is 2.90 bits per heavy atom. The van der Waals surface area contributed by atoms with Crippen molar-refractivity contribution in [3.63, 3.8) is 0 Å². The third-order valence-corrected chi connectivity index (χ3v) is 1.69. The quantitative estimate of drug-likeness (QED) is 0.758. The van der Waals surface area contributed by atoms with Crippen LogP contribution in [0.3, 0.4) is 0 Å². The molecule has 2 nitrogen and oxygen atoms in total. The van der Waals surface area contributed by atoms with Crippen molar-refractivity contribution in [3.8, 4) is 0 Å². The van der Waals surface area contributed by atoms with Crippen LogP contribution in [-0.2, 0) is 0 Å². The first-order chi connectivity index (χ1) is 4.75. The molecule has 0 saturated carbocycles. The normalized spacial score (nSPS) is 9.50. The highest BCUT2D eigenvalue weighted by molar-refractivity contribution is 9.10. The van der Waals surface area contributed by atoms with E-state index in [1.54, 1.807) is 13.1 Å². The lowest BCUT2D eigenvalue weighted by molar-refractivity contribution is 0.619. The third kappa shape index (κ3) is 1.26. The van der Waals surface area contributed by atoms with Gasteiger partial charge in [0.05, 0.1) is 4.47 Å². The highest BCUT2D eigenvalue weighted by atomic mass is 79.9. The number of hydrogen-bond donors (Lipinski definition) is 1. The molecule has 1 aromatic rings. The van der Waals surface area contributed by atoms with Crippen LogP contribution < -0.4 is 5.32 Å². The Bertz CT molecular complexity index is 239. The van der Waals surface area contributed by atoms with E-state index in [-0.39, 0.29) is 11.6 Å². The first-order valence-electron chi connectivity index (χ1n) is 2.73. The van der Waals surface area contributed by atoms with E-state index in [2.05, 4.69) is 26.2 Å². The Kier molecular flexibility index (Phi) is 2.21. The van der Waals surface area contributed by atoms with Gasteiger partial charge in [0, 0.05) is 13.2 Å². The zero-order valence-corrected chi connectivity index (χ0v) is 6.94. The summed E-state index contributed by atoms with van der Waals surface area (Å²) in [6.45, 7) is 0. The van der Waals surface area contributed by atoms with E-state index in [9.17, 15) is 4.39 Å². The number of aromatic nitrogens is 1. The number of halogens is 2. The topological polar surface area (TPSA) is 24.9 Å². The summed E-state index contributed by atoms with van der Waals surface area (Å²) in [6, 6.07) is 1.55. The Hall–Kier alpha value is -0.640. The van der Waals surface area contributed by atoms with Gasteiger partial charge in [-0.1, -0.05) is 0 Å². The second-order valence-electron chi connectivity index (χ2n) is 1.71. The largest absolute Gasteiger partial charge is 0.371 e. The van der Waals surface area contributed by atoms with Gasteiger partial charge in [-0.15, -0.1) is 0 Å². The molecule has 0 aliphatic heterocycles. The molecule has 1 heterocycles. The van der Waals surface area contributed by atoms with E-state index >= 15 is 0 Å². The van der Waals surface area contributed by atoms with Crippen molar-refractivity contribution < 1.29 is 4.39 Å². The molecule has 1 N–H and O–H groups in total. The summed E-state index contributed by atoms with van der Waals surface area (Å²) in [5, 5.41) is 2.62. The van der Waals surface area contributed by atoms with Crippen LogP contribution in [0.5, 0.6) is 0 Å². The van der Waals surface area contributed by atoms with Crippen LogP contribution in [0.4, 0.5) is 10.2 Å². The molecule has 4 heteroatoms. The molecule has 0 aliphatic carbocycles. The van der Waals surface area contributed by atoms with Gasteiger partial charge in [-0.25, -0.2) is 9.37 Å². The maximum absolute atomic E-state index is 12.8. The van der Waals surface area contributed by atoms with E-state index in [0.717, 1.165) is 0 Å². The predicted molar refractivity (Wildman–Crippen MR) is 41.4 cm³/mol. The Balaban J connectivity index is 3.14. The summed E-state index contributed by atoms with van der Waals surface area (Å²) in [5.74, 6) is -0.0978. The molecule has 0 atom stereocenters. The van der Waals surface area contributed by atoms with Crippen LogP contribution in [0.2, 0.25) is 0 Å². The molecule has 10 heavy (non-hydrogen) atoms. The van der Waals surface area contributed by atoms with Crippen molar-refractivity contribution >= 4 is 21.7 Å². The van der Waals surface area contributed by atoms with Crippen LogP contribution in [-0.4, -0.2) is 12.0 Å². The average molecular weight is 205 g/mol. The highest BCUT2D eigenvalue weighted by Crippen LogP contribution is 2.18. The van der Waals surface area contributed by atoms with Crippen molar-refractivity contribution in [2.45, 2.75) is 0 Å². The molecule has 1 aromatic heterocycles. The van der Waals surface area contributed by atoms with Gasteiger partial charge >= 0.3 is 0 Å². The number of nitrogens with zero attached hydrogens (tertiary/aromatic N) is 1. The SMILES string of the molecule is CNc1nccc(Br)c1F. The minimum Gasteiger partial charge on any atom is -0.371 e. The van der Waals surface area contributed by atoms with Gasteiger partial charge in [0.25, 0.3) is 0 Å². The standard InChI is InChI=1S/C6H6BrFN2/c1-9-6-5(8)4(7)2-3-10-6/h2-3H,1H3,(H,9,10). The predicted octanol–water partition coefficient (Wildman–Crippen LogP) is 2.02. The van der Waals surface area contributed by atoms with E-state index in [0.29, 0.717) is 4.47 Å². The molecule has 0 fully saturated rings. The summed E-state index contributed by atoms with van der Waals surface area (Å²) >= 11 is 3.03. The molecule has 0 aliphatic rings. The molecule has 0 amide bonds. The number of pyridine rings is 1. The van der Waals surface area contributed by atoms with Gasteiger partial charge in [-0.05, 0) is 22.0 Å². The van der Waals surface area contributed by atoms with Crippen LogP contribution in [0.25, 0.3) is 0 Å². The number of hydrogen-bond acceptors (Lipinski definition) is 2. The highest BCUT2D eigenvalue weighted by Gasteiger charge is 2.03. The van der Waals surface area contributed by atoms with Gasteiger partial charge in [0.2, 0.25) is 0 Å². The van der Waals surface area contributed by atoms with Gasteiger partial charge in [0.1, 0.15) is 0 Å². The van der Waals surface area contributed by atoms with Crippen molar-refractivity contribution in [1.82, 2.24) is 4.98 Å². The molecule has 54 valence electrons. The van der Waals surface area contributed by atoms with Crippen LogP contribution in [0.1, 0.15) is 0 Å². The molecule has 0 unspecified atom stereocenters. The van der Waals surface area contributed by atoms with Crippen LogP contribution >= 0.6 is 15.9 Å². The van der Waals surface area contributed by atoms with Gasteiger partial charge < -0.3 is 5.32 Å². The molecule has 0 saturated heterocycles. The summed E-state index contributed by atoms with van der Waals surface area (Å²) in [5.41, 5.74) is 0. The monoisotopic (exact) mass is 204 g/mol. The number of rotatable bonds is 1. The summed E-state index contributed by atoms with van der Waals surface area (Å²) in [6.07, 6.45) is 1.53. The van der Waals surface area contributed by atoms with Crippen molar-refractivity contribution in [3.05, 3.63) is 22.6 Å². The molecular formula is C6H6BrFN2. The lowest BCUT2D eigenvalue weighted by Gasteiger charge is -1.99. The minimum absolute atomic E-state index is 0.259. The van der Waals surface area contributed by atoms with E-state index in [1.807, 2.05) is 0 Å². The molecule has 0 bridgehead atoms. The van der Waals surface area contributed by atoms with E-state index in [1.165, 1.54) is 6.20 Å². The van der Waals surface area contributed by atoms with Crippen molar-refractivity contribution in [2.24, 2.45) is 0 Å². The summed E-state index contributed by atoms with van der Waals surface area (Å²) in [7, 11) is 1.62. The first kappa shape index (κ1) is 7.47. The molecule has 1 rings (SSSR count). The number of anilines is 1. The molecule has 0 spiro atoms. The summed E-state index contributed by atoms with van der Waals surface area (Å²) < 4.78 is 13.3. The van der Waals surface area contributed by atoms with Crippen molar-refractivity contribution in [1.29, 1.82) is 0 Å². The van der Waals surface area contributed by atoms with Gasteiger partial charge in [-0.2, -0.15) is 0 Å². The third-order valence-electron chi connectivity index (χ3n) is 1.08. The molecule has 0 aromatic carbocycles. The van der Waals surface area contributed by atoms with Crippen molar-refractivity contribution in [2.75, 3.05) is 12.4 Å². The fourth-order valence-electron chi connectivity index (χ4n) is 0.594. The Labute approximate surface area is 66.6 Å². The molecule has 0 radical (unpaired) electrons. The zero-order valence-electron chi connectivity index (χ0n) is 5.36. The van der Waals surface area contributed by atoms with Crippen LogP contribution in [0.15, 0.2) is 16.7 Å². The minimum atomic E-state index is -0.356. The van der Waals surface area contributed by atoms with Crippen LogP contribution in [0, 0.1) is 5.82 Å². The average Bonchev–Trinajstić information content (AvgIpc) is 1.95. The maximum Gasteiger partial charge on any atom is 0.179 e. The second-order valence-corrected chi connectivity index (χ2v) is 2.56. The number of nitrogens with one attached hydrogen (secondary N) is 1. The fraction of sp³-hybridized carbons (Fsp3) is 0.167. The second kappa shape index (κ2) is 2.96. The maximum atomic E-state index is 12.8. The molecular weight excluding hydrogens is 199 g/mol. The summed E-state index contributed by atoms with van der Waals surface area (Å²) in [4.78, 5) is 3.74. The lowest BCUT2D eigenvalue weighted by Crippen LogP contribution is -1.95. The van der Waals surface area contributed by atoms with E-state index in [4.69, 9.17) is 0 Å². The van der Waals surface area contributed by atoms with Gasteiger partial charge in [-0.3, -0.25) is 0 Å². The zero-order chi connectivity index (χ0) is 7.56. The smallest absolute Gasteiger partial charge is 0.179 e. The first-order valence-corrected chi connectivity index (χ1v) is 3.52. The lowest BCUT2D eigenvalue weighted by atomic mass is 10.4. The fourth-order valence-corrected chi connectivity index (χ4v) is 0.900. The Morgan fingerprint density at radius 1 is 1.70 bits per heavy atom. The van der Waals surface area contributed by atoms with E-state index < -0.39 is 0 Å².